The van der Waals surface area contributed by atoms with Crippen molar-refractivity contribution >= 4 is 5.91 Å². The second kappa shape index (κ2) is 7.45. The Hall–Kier alpha value is -0.713. The van der Waals surface area contributed by atoms with Crippen molar-refractivity contribution in [1.29, 1.82) is 0 Å². The van der Waals surface area contributed by atoms with Gasteiger partial charge >= 0.3 is 18.9 Å². The van der Waals surface area contributed by atoms with Crippen molar-refractivity contribution in [2.45, 2.75) is 84.2 Å². The molecule has 2 rings (SSSR count). The summed E-state index contributed by atoms with van der Waals surface area (Å²) in [7, 11) is 0. The van der Waals surface area contributed by atoms with Crippen LogP contribution in [0.3, 0.4) is 0 Å². The summed E-state index contributed by atoms with van der Waals surface area (Å²) in [5.74, 6) is 0.526. The fraction of sp³-hybridized carbons (Fsp3) is 0.650. The molecule has 1 unspecified atom stereocenters. The third-order valence-electron chi connectivity index (χ3n) is 5.24. The van der Waals surface area contributed by atoms with Crippen LogP contribution in [0.25, 0.3) is 0 Å². The normalized spacial score (nSPS) is 20.5. The molecule has 1 saturated heterocycles. The van der Waals surface area contributed by atoms with Crippen LogP contribution < -0.4 is 18.9 Å². The molecule has 0 N–H and O–H groups in total. The molecular weight excluding hydrogens is 277 g/mol. The van der Waals surface area contributed by atoms with Crippen molar-refractivity contribution in [3.8, 4) is 0 Å². The Bertz CT molecular complexity index is 534. The van der Waals surface area contributed by atoms with Gasteiger partial charge in [-0.1, -0.05) is 31.7 Å². The van der Waals surface area contributed by atoms with Gasteiger partial charge in [0.2, 0.25) is 0 Å². The number of amides is 1. The largest absolute Gasteiger partial charge is 1.00 e. The predicted octanol–water partition coefficient (Wildman–Crippen LogP) is 2.19. The van der Waals surface area contributed by atoms with Gasteiger partial charge in [-0.3, -0.25) is 0 Å². The molecular formula is C20H30LiNO. The van der Waals surface area contributed by atoms with Crippen LogP contribution in [0.5, 0.6) is 0 Å². The van der Waals surface area contributed by atoms with E-state index in [1.807, 2.05) is 12.1 Å². The van der Waals surface area contributed by atoms with Crippen LogP contribution in [0.4, 0.5) is 0 Å². The first-order chi connectivity index (χ1) is 10.2. The number of carbonyl (C=O) groups is 1. The maximum Gasteiger partial charge on any atom is 1.00 e. The Kier molecular flexibility index (Phi) is 6.59. The molecule has 2 nitrogen and oxygen atoms in total. The number of piperidine rings is 1. The first-order valence-electron chi connectivity index (χ1n) is 8.56. The zero-order valence-corrected chi connectivity index (χ0v) is 16.0. The second-order valence-corrected chi connectivity index (χ2v) is 7.93. The van der Waals surface area contributed by atoms with E-state index in [0.717, 1.165) is 30.4 Å². The Morgan fingerprint density at radius 3 is 2.35 bits per heavy atom. The minimum atomic E-state index is -0.102. The Morgan fingerprint density at radius 1 is 1.26 bits per heavy atom. The molecule has 1 heterocycles. The van der Waals surface area contributed by atoms with Gasteiger partial charge in [-0.25, -0.2) is 0 Å². The van der Waals surface area contributed by atoms with E-state index in [4.69, 9.17) is 0 Å². The molecule has 0 aliphatic carbocycles. The van der Waals surface area contributed by atoms with Crippen molar-refractivity contribution in [3.05, 3.63) is 35.4 Å². The van der Waals surface area contributed by atoms with E-state index in [1.165, 1.54) is 6.42 Å². The van der Waals surface area contributed by atoms with E-state index in [-0.39, 0.29) is 35.8 Å². The maximum atomic E-state index is 13.4. The first-order valence-corrected chi connectivity index (χ1v) is 8.56. The maximum absolute atomic E-state index is 13.4. The molecule has 0 saturated carbocycles. The summed E-state index contributed by atoms with van der Waals surface area (Å²) in [6.45, 7) is 13.1. The van der Waals surface area contributed by atoms with Crippen molar-refractivity contribution in [2.75, 3.05) is 0 Å². The van der Waals surface area contributed by atoms with Gasteiger partial charge in [0, 0.05) is 11.1 Å². The van der Waals surface area contributed by atoms with Crippen molar-refractivity contribution in [3.63, 3.8) is 0 Å². The van der Waals surface area contributed by atoms with E-state index in [9.17, 15) is 4.79 Å². The molecule has 1 aliphatic heterocycles. The summed E-state index contributed by atoms with van der Waals surface area (Å²) in [6, 6.07) is 9.17. The minimum Gasteiger partial charge on any atom is -0.369 e. The molecule has 1 aliphatic rings. The fourth-order valence-electron chi connectivity index (χ4n) is 3.92. The number of hydrogen-bond acceptors (Lipinski definition) is 1. The quantitative estimate of drug-likeness (QED) is 0.619. The van der Waals surface area contributed by atoms with E-state index in [1.54, 1.807) is 0 Å². The van der Waals surface area contributed by atoms with Gasteiger partial charge < -0.3 is 9.69 Å². The average molecular weight is 307 g/mol. The van der Waals surface area contributed by atoms with Gasteiger partial charge in [0.05, 0.1) is 0 Å². The molecule has 23 heavy (non-hydrogen) atoms. The van der Waals surface area contributed by atoms with Crippen molar-refractivity contribution in [1.82, 2.24) is 4.90 Å². The second-order valence-electron chi connectivity index (χ2n) is 7.93. The molecule has 0 aromatic heterocycles. The summed E-state index contributed by atoms with van der Waals surface area (Å²) in [6.07, 6.45) is 4.34. The van der Waals surface area contributed by atoms with E-state index < -0.39 is 0 Å². The standard InChI is InChI=1S/C20H30NO.Li/c1-7-15(2)16-11-8-9-12-17(16)18(22)21-19(3,4)13-10-14-20(21,5)6;/h8-9,11,15H,7,10,13-14H2,1-6H3;/q-1;+1. The summed E-state index contributed by atoms with van der Waals surface area (Å²) in [5.41, 5.74) is 1.69. The van der Waals surface area contributed by atoms with E-state index >= 15 is 0 Å². The van der Waals surface area contributed by atoms with Crippen LogP contribution in [-0.4, -0.2) is 21.9 Å². The van der Waals surface area contributed by atoms with Gasteiger partial charge in [-0.05, 0) is 47.0 Å². The van der Waals surface area contributed by atoms with Crippen molar-refractivity contribution in [2.24, 2.45) is 0 Å². The van der Waals surface area contributed by atoms with Crippen LogP contribution in [0.2, 0.25) is 0 Å². The number of likely N-dealkylation sites (tertiary alicyclic amines) is 1. The average Bonchev–Trinajstić information content (AvgIpc) is 2.44. The summed E-state index contributed by atoms with van der Waals surface area (Å²) in [5, 5.41) is 0. The summed E-state index contributed by atoms with van der Waals surface area (Å²) in [4.78, 5) is 15.5. The fourth-order valence-corrected chi connectivity index (χ4v) is 3.92. The number of rotatable bonds is 3. The molecule has 0 spiro atoms. The molecule has 1 fully saturated rings. The zero-order chi connectivity index (χ0) is 16.5. The van der Waals surface area contributed by atoms with Crippen LogP contribution in [-0.2, 0) is 0 Å². The molecule has 122 valence electrons. The van der Waals surface area contributed by atoms with Crippen LogP contribution in [0, 0.1) is 6.07 Å². The molecule has 1 atom stereocenters. The van der Waals surface area contributed by atoms with E-state index in [0.29, 0.717) is 5.92 Å². The van der Waals surface area contributed by atoms with E-state index in [2.05, 4.69) is 58.6 Å². The topological polar surface area (TPSA) is 20.3 Å². The molecule has 0 bridgehead atoms. The number of nitrogens with zero attached hydrogens (tertiary/aromatic N) is 1. The molecule has 1 amide bonds. The molecule has 1 aromatic carbocycles. The SMILES string of the molecule is CCC(C)c1ccc[c-]c1C(=O)N1C(C)(C)CCCC1(C)C.[Li+]. The van der Waals surface area contributed by atoms with Gasteiger partial charge in [-0.2, -0.15) is 0 Å². The van der Waals surface area contributed by atoms with Crippen LogP contribution in [0.1, 0.15) is 89.1 Å². The summed E-state index contributed by atoms with van der Waals surface area (Å²) >= 11 is 0. The third kappa shape index (κ3) is 4.04. The first kappa shape index (κ1) is 20.3. The predicted molar refractivity (Wildman–Crippen MR) is 92.2 cm³/mol. The number of carbonyl (C=O) groups excluding carboxylic acids is 1. The van der Waals surface area contributed by atoms with Gasteiger partial charge in [0.15, 0.2) is 5.91 Å². The number of hydrogen-bond donors (Lipinski definition) is 0. The number of benzene rings is 1. The monoisotopic (exact) mass is 307 g/mol. The zero-order valence-electron chi connectivity index (χ0n) is 16.0. The molecule has 0 radical (unpaired) electrons. The Morgan fingerprint density at radius 2 is 1.83 bits per heavy atom. The summed E-state index contributed by atoms with van der Waals surface area (Å²) < 4.78 is 0. The molecule has 3 heteroatoms. The third-order valence-corrected chi connectivity index (χ3v) is 5.24. The van der Waals surface area contributed by atoms with Gasteiger partial charge in [0.25, 0.3) is 0 Å². The van der Waals surface area contributed by atoms with Crippen LogP contribution >= 0.6 is 0 Å². The van der Waals surface area contributed by atoms with Crippen LogP contribution in [0.15, 0.2) is 18.2 Å². The van der Waals surface area contributed by atoms with Gasteiger partial charge in [-0.15, -0.1) is 29.8 Å². The van der Waals surface area contributed by atoms with Crippen molar-refractivity contribution < 1.29 is 23.7 Å². The van der Waals surface area contributed by atoms with Gasteiger partial charge in [0.1, 0.15) is 0 Å². The Labute approximate surface area is 154 Å². The smallest absolute Gasteiger partial charge is 0.369 e. The Balaban J connectivity index is 0.00000264. The minimum absolute atomic E-state index is 0. The molecule has 1 aromatic rings.